The maximum absolute atomic E-state index is 6.07. The third kappa shape index (κ3) is 12.9. The van der Waals surface area contributed by atoms with E-state index in [1.807, 2.05) is 0 Å². The summed E-state index contributed by atoms with van der Waals surface area (Å²) in [6, 6.07) is 0. The van der Waals surface area contributed by atoms with Gasteiger partial charge in [-0.2, -0.15) is 0 Å². The molecule has 0 bridgehead atoms. The Bertz CT molecular complexity index is 151. The second-order valence-corrected chi connectivity index (χ2v) is 5.99. The molecule has 2 N–H and O–H groups in total. The Morgan fingerprint density at radius 3 is 1.71 bits per heavy atom. The highest BCUT2D eigenvalue weighted by atomic mass is 127. The summed E-state index contributed by atoms with van der Waals surface area (Å²) >= 11 is 0. The summed E-state index contributed by atoms with van der Waals surface area (Å²) in [7, 11) is 0. The van der Waals surface area contributed by atoms with Crippen molar-refractivity contribution in [2.24, 2.45) is 11.7 Å². The van der Waals surface area contributed by atoms with Gasteiger partial charge in [-0.25, -0.2) is 0 Å². The summed E-state index contributed by atoms with van der Waals surface area (Å²) < 4.78 is 0. The summed E-state index contributed by atoms with van der Waals surface area (Å²) in [5.74, 6) is 0.646. The number of unbranched alkanes of at least 4 members (excludes halogenated alkanes) is 7. The molecule has 0 aliphatic rings. The fourth-order valence-electron chi connectivity index (χ4n) is 1.96. The van der Waals surface area contributed by atoms with Gasteiger partial charge in [0.25, 0.3) is 0 Å². The third-order valence-corrected chi connectivity index (χ3v) is 3.76. The maximum Gasteiger partial charge on any atom is 0.0123 e. The minimum Gasteiger partial charge on any atom is -0.325 e. The van der Waals surface area contributed by atoms with Crippen LogP contribution in [-0.4, -0.2) is 5.54 Å². The highest BCUT2D eigenvalue weighted by Gasteiger charge is 2.19. The van der Waals surface area contributed by atoms with Crippen molar-refractivity contribution in [3.8, 4) is 0 Å². The average Bonchev–Trinajstić information content (AvgIpc) is 2.20. The molecule has 0 amide bonds. The SMILES string of the molecule is CCCCCCCCCCC(C)C(C)(C)N.I. The lowest BCUT2D eigenvalue weighted by molar-refractivity contribution is 0.316. The third-order valence-electron chi connectivity index (χ3n) is 3.76. The molecule has 0 aliphatic heterocycles. The predicted molar refractivity (Wildman–Crippen MR) is 90.1 cm³/mol. The number of hydrogen-bond acceptors (Lipinski definition) is 1. The van der Waals surface area contributed by atoms with Crippen molar-refractivity contribution in [1.82, 2.24) is 0 Å². The molecule has 0 fully saturated rings. The molecule has 106 valence electrons. The Morgan fingerprint density at radius 2 is 1.29 bits per heavy atom. The van der Waals surface area contributed by atoms with Crippen molar-refractivity contribution in [2.75, 3.05) is 0 Å². The van der Waals surface area contributed by atoms with Crippen molar-refractivity contribution in [3.05, 3.63) is 0 Å². The molecule has 0 saturated carbocycles. The molecular formula is C15H34IN. The molecule has 0 heterocycles. The first kappa shape index (κ1) is 20.0. The van der Waals surface area contributed by atoms with Gasteiger partial charge in [-0.1, -0.05) is 65.2 Å². The maximum atomic E-state index is 6.07. The summed E-state index contributed by atoms with van der Waals surface area (Å²) in [6.07, 6.45) is 12.5. The largest absolute Gasteiger partial charge is 0.325 e. The molecule has 2 heteroatoms. The first-order chi connectivity index (χ1) is 7.48. The lowest BCUT2D eigenvalue weighted by Crippen LogP contribution is -2.39. The monoisotopic (exact) mass is 355 g/mol. The minimum absolute atomic E-state index is 0. The van der Waals surface area contributed by atoms with Crippen LogP contribution in [0.2, 0.25) is 0 Å². The van der Waals surface area contributed by atoms with Crippen LogP contribution in [0.3, 0.4) is 0 Å². The Labute approximate surface area is 126 Å². The first-order valence-corrected chi connectivity index (χ1v) is 7.27. The van der Waals surface area contributed by atoms with Gasteiger partial charge in [0.1, 0.15) is 0 Å². The van der Waals surface area contributed by atoms with E-state index in [1.165, 1.54) is 57.8 Å². The van der Waals surface area contributed by atoms with Crippen molar-refractivity contribution < 1.29 is 0 Å². The molecule has 0 aromatic heterocycles. The Kier molecular flexibility index (Phi) is 13.8. The van der Waals surface area contributed by atoms with E-state index < -0.39 is 0 Å². The fraction of sp³-hybridized carbons (Fsp3) is 1.00. The number of halogens is 1. The van der Waals surface area contributed by atoms with E-state index in [0.717, 1.165) is 0 Å². The van der Waals surface area contributed by atoms with Crippen LogP contribution in [0, 0.1) is 5.92 Å². The summed E-state index contributed by atoms with van der Waals surface area (Å²) in [4.78, 5) is 0. The van der Waals surface area contributed by atoms with E-state index >= 15 is 0 Å². The minimum atomic E-state index is 0. The van der Waals surface area contributed by atoms with Gasteiger partial charge < -0.3 is 5.73 Å². The Balaban J connectivity index is 0. The molecule has 1 nitrogen and oxygen atoms in total. The summed E-state index contributed by atoms with van der Waals surface area (Å²) in [5.41, 5.74) is 6.08. The van der Waals surface area contributed by atoms with E-state index in [1.54, 1.807) is 0 Å². The van der Waals surface area contributed by atoms with Crippen LogP contribution in [0.5, 0.6) is 0 Å². The second kappa shape index (κ2) is 11.8. The van der Waals surface area contributed by atoms with E-state index in [0.29, 0.717) is 5.92 Å². The standard InChI is InChI=1S/C15H33N.HI/c1-5-6-7-8-9-10-11-12-13-14(2)15(3,4)16;/h14H,5-13,16H2,1-4H3;1H. The van der Waals surface area contributed by atoms with Crippen molar-refractivity contribution in [1.29, 1.82) is 0 Å². The van der Waals surface area contributed by atoms with Gasteiger partial charge in [-0.15, -0.1) is 24.0 Å². The Morgan fingerprint density at radius 1 is 0.882 bits per heavy atom. The van der Waals surface area contributed by atoms with Crippen LogP contribution in [0.15, 0.2) is 0 Å². The molecule has 1 atom stereocenters. The highest BCUT2D eigenvalue weighted by Crippen LogP contribution is 2.20. The van der Waals surface area contributed by atoms with Gasteiger partial charge in [-0.05, 0) is 26.2 Å². The van der Waals surface area contributed by atoms with Gasteiger partial charge in [0, 0.05) is 5.54 Å². The fourth-order valence-corrected chi connectivity index (χ4v) is 1.96. The van der Waals surface area contributed by atoms with Crippen LogP contribution >= 0.6 is 24.0 Å². The van der Waals surface area contributed by atoms with Crippen LogP contribution in [-0.2, 0) is 0 Å². The van der Waals surface area contributed by atoms with Gasteiger partial charge in [-0.3, -0.25) is 0 Å². The zero-order chi connectivity index (χ0) is 12.4. The molecule has 0 radical (unpaired) electrons. The van der Waals surface area contributed by atoms with Crippen LogP contribution in [0.25, 0.3) is 0 Å². The highest BCUT2D eigenvalue weighted by molar-refractivity contribution is 14.0. The normalized spacial score (nSPS) is 13.2. The number of hydrogen-bond donors (Lipinski definition) is 1. The quantitative estimate of drug-likeness (QED) is 0.406. The average molecular weight is 355 g/mol. The Hall–Kier alpha value is 0.690. The molecular weight excluding hydrogens is 321 g/mol. The van der Waals surface area contributed by atoms with Gasteiger partial charge in [0.15, 0.2) is 0 Å². The van der Waals surface area contributed by atoms with Gasteiger partial charge in [0.05, 0.1) is 0 Å². The first-order valence-electron chi connectivity index (χ1n) is 7.27. The molecule has 0 aromatic carbocycles. The van der Waals surface area contributed by atoms with Crippen molar-refractivity contribution in [2.45, 2.75) is 91.0 Å². The topological polar surface area (TPSA) is 26.0 Å². The van der Waals surface area contributed by atoms with E-state index in [4.69, 9.17) is 5.73 Å². The predicted octanol–water partition coefficient (Wildman–Crippen LogP) is 5.51. The van der Waals surface area contributed by atoms with Gasteiger partial charge >= 0.3 is 0 Å². The smallest absolute Gasteiger partial charge is 0.0123 e. The molecule has 0 saturated heterocycles. The van der Waals surface area contributed by atoms with Crippen molar-refractivity contribution in [3.63, 3.8) is 0 Å². The van der Waals surface area contributed by atoms with Gasteiger partial charge in [0.2, 0.25) is 0 Å². The molecule has 0 rings (SSSR count). The number of nitrogens with two attached hydrogens (primary N) is 1. The lowest BCUT2D eigenvalue weighted by atomic mass is 9.86. The zero-order valence-electron chi connectivity index (χ0n) is 12.4. The summed E-state index contributed by atoms with van der Waals surface area (Å²) in [5, 5.41) is 0. The zero-order valence-corrected chi connectivity index (χ0v) is 14.8. The van der Waals surface area contributed by atoms with Crippen molar-refractivity contribution >= 4 is 24.0 Å². The molecule has 0 spiro atoms. The van der Waals surface area contributed by atoms with Crippen LogP contribution < -0.4 is 5.73 Å². The second-order valence-electron chi connectivity index (χ2n) is 5.99. The van der Waals surface area contributed by atoms with Crippen LogP contribution in [0.1, 0.15) is 85.5 Å². The van der Waals surface area contributed by atoms with Crippen LogP contribution in [0.4, 0.5) is 0 Å². The number of rotatable bonds is 10. The van der Waals surface area contributed by atoms with E-state index in [-0.39, 0.29) is 29.5 Å². The molecule has 1 unspecified atom stereocenters. The summed E-state index contributed by atoms with van der Waals surface area (Å²) in [6.45, 7) is 8.84. The van der Waals surface area contributed by atoms with E-state index in [2.05, 4.69) is 27.7 Å². The molecule has 0 aromatic rings. The molecule has 17 heavy (non-hydrogen) atoms. The lowest BCUT2D eigenvalue weighted by Gasteiger charge is -2.27. The molecule has 0 aliphatic carbocycles. The van der Waals surface area contributed by atoms with E-state index in [9.17, 15) is 0 Å².